The lowest BCUT2D eigenvalue weighted by Crippen LogP contribution is -2.48. The Morgan fingerprint density at radius 3 is 2.36 bits per heavy atom. The predicted molar refractivity (Wildman–Crippen MR) is 112 cm³/mol. The molecule has 1 aromatic rings. The molecule has 4 unspecified atom stereocenters. The van der Waals surface area contributed by atoms with Gasteiger partial charge in [0.2, 0.25) is 11.8 Å². The number of carbonyl (C=O) groups is 2. The van der Waals surface area contributed by atoms with Crippen LogP contribution in [0.2, 0.25) is 0 Å². The molecule has 4 atom stereocenters. The number of amides is 2. The molecule has 3 aliphatic rings. The Morgan fingerprint density at radius 1 is 0.964 bits per heavy atom. The van der Waals surface area contributed by atoms with Gasteiger partial charge in [-0.25, -0.2) is 0 Å². The maximum absolute atomic E-state index is 13.1. The quantitative estimate of drug-likeness (QED) is 0.836. The lowest BCUT2D eigenvalue weighted by atomic mass is 9.84. The van der Waals surface area contributed by atoms with Crippen molar-refractivity contribution >= 4 is 24.2 Å². The predicted octanol–water partition coefficient (Wildman–Crippen LogP) is 2.48. The number of nitrogens with two attached hydrogens (primary N) is 1. The van der Waals surface area contributed by atoms with Crippen molar-refractivity contribution in [3.63, 3.8) is 0 Å². The van der Waals surface area contributed by atoms with Gasteiger partial charge in [0, 0.05) is 38.6 Å². The minimum atomic E-state index is 0. The number of rotatable bonds is 4. The number of hydrogen-bond acceptors (Lipinski definition) is 3. The van der Waals surface area contributed by atoms with Crippen LogP contribution in [0, 0.1) is 17.8 Å². The summed E-state index contributed by atoms with van der Waals surface area (Å²) in [5, 5.41) is 0. The second-order valence-electron chi connectivity index (χ2n) is 8.48. The summed E-state index contributed by atoms with van der Waals surface area (Å²) in [6, 6.07) is 10.2. The van der Waals surface area contributed by atoms with Crippen LogP contribution in [0.15, 0.2) is 30.3 Å². The Labute approximate surface area is 174 Å². The van der Waals surface area contributed by atoms with E-state index in [1.165, 1.54) is 12.0 Å². The molecule has 2 amide bonds. The number of hydrogen-bond donors (Lipinski definition) is 1. The van der Waals surface area contributed by atoms with E-state index in [4.69, 9.17) is 5.73 Å². The molecule has 2 aliphatic carbocycles. The van der Waals surface area contributed by atoms with Gasteiger partial charge in [0.25, 0.3) is 0 Å². The van der Waals surface area contributed by atoms with E-state index in [-0.39, 0.29) is 36.2 Å². The van der Waals surface area contributed by atoms with Gasteiger partial charge in [-0.05, 0) is 49.5 Å². The summed E-state index contributed by atoms with van der Waals surface area (Å²) in [4.78, 5) is 29.6. The number of carbonyl (C=O) groups excluding carboxylic acids is 2. The highest BCUT2D eigenvalue weighted by Crippen LogP contribution is 2.48. The van der Waals surface area contributed by atoms with Gasteiger partial charge < -0.3 is 15.5 Å². The van der Waals surface area contributed by atoms with Gasteiger partial charge in [-0.3, -0.25) is 9.59 Å². The largest absolute Gasteiger partial charge is 0.341 e. The highest BCUT2D eigenvalue weighted by atomic mass is 35.5. The monoisotopic (exact) mass is 405 g/mol. The topological polar surface area (TPSA) is 66.6 Å². The summed E-state index contributed by atoms with van der Waals surface area (Å²) in [5.41, 5.74) is 7.57. The molecule has 1 heterocycles. The van der Waals surface area contributed by atoms with Gasteiger partial charge in [-0.15, -0.1) is 12.4 Å². The first kappa shape index (κ1) is 21.1. The Morgan fingerprint density at radius 2 is 1.64 bits per heavy atom. The molecule has 2 bridgehead atoms. The molecule has 1 aromatic carbocycles. The fourth-order valence-corrected chi connectivity index (χ4v) is 5.35. The summed E-state index contributed by atoms with van der Waals surface area (Å²) in [6.07, 6.45) is 5.66. The summed E-state index contributed by atoms with van der Waals surface area (Å²) in [7, 11) is 0. The van der Waals surface area contributed by atoms with Crippen molar-refractivity contribution < 1.29 is 9.59 Å². The van der Waals surface area contributed by atoms with E-state index in [0.717, 1.165) is 38.8 Å². The third-order valence-corrected chi connectivity index (χ3v) is 6.90. The second-order valence-corrected chi connectivity index (χ2v) is 8.48. The Hall–Kier alpha value is -1.59. The van der Waals surface area contributed by atoms with Gasteiger partial charge in [-0.2, -0.15) is 0 Å². The highest BCUT2D eigenvalue weighted by Gasteiger charge is 2.50. The zero-order valence-electron chi connectivity index (χ0n) is 16.5. The van der Waals surface area contributed by atoms with E-state index in [1.54, 1.807) is 0 Å². The molecule has 0 aromatic heterocycles. The zero-order valence-corrected chi connectivity index (χ0v) is 17.3. The van der Waals surface area contributed by atoms with Crippen LogP contribution in [-0.2, 0) is 16.0 Å². The number of nitrogens with zero attached hydrogens (tertiary/aromatic N) is 2. The molecule has 3 fully saturated rings. The van der Waals surface area contributed by atoms with E-state index in [2.05, 4.69) is 12.1 Å². The molecule has 1 aliphatic heterocycles. The molecule has 5 nitrogen and oxygen atoms in total. The fourth-order valence-electron chi connectivity index (χ4n) is 5.35. The molecule has 1 saturated heterocycles. The minimum absolute atomic E-state index is 0. The molecule has 6 heteroatoms. The van der Waals surface area contributed by atoms with Crippen LogP contribution in [0.1, 0.15) is 37.7 Å². The Kier molecular flexibility index (Phi) is 7.00. The van der Waals surface area contributed by atoms with Gasteiger partial charge in [0.1, 0.15) is 0 Å². The standard InChI is InChI=1S/C22H31N3O2.ClH/c23-21-18-9-8-17(15-18)20(21)22(27)25-12-4-11-24(13-14-25)19(26)10-7-16-5-2-1-3-6-16;/h1-3,5-6,17-18,20-21H,4,7-15,23H2;1H. The average molecular weight is 406 g/mol. The molecule has 28 heavy (non-hydrogen) atoms. The third kappa shape index (κ3) is 4.36. The van der Waals surface area contributed by atoms with Crippen molar-refractivity contribution in [2.75, 3.05) is 26.2 Å². The van der Waals surface area contributed by atoms with Crippen molar-refractivity contribution in [3.8, 4) is 0 Å². The van der Waals surface area contributed by atoms with Crippen molar-refractivity contribution in [1.82, 2.24) is 9.80 Å². The van der Waals surface area contributed by atoms with Crippen molar-refractivity contribution in [2.24, 2.45) is 23.5 Å². The van der Waals surface area contributed by atoms with Gasteiger partial charge in [0.05, 0.1) is 5.92 Å². The fraction of sp³-hybridized carbons (Fsp3) is 0.636. The normalized spacial score (nSPS) is 29.3. The lowest BCUT2D eigenvalue weighted by molar-refractivity contribution is -0.138. The van der Waals surface area contributed by atoms with Gasteiger partial charge >= 0.3 is 0 Å². The maximum atomic E-state index is 13.1. The SMILES string of the molecule is Cl.NC1C2CCC(C2)C1C(=O)N1CCCN(C(=O)CCc2ccccc2)CC1. The first-order chi connectivity index (χ1) is 13.1. The maximum Gasteiger partial charge on any atom is 0.227 e. The third-order valence-electron chi connectivity index (χ3n) is 6.90. The molecule has 2 saturated carbocycles. The number of aryl methyl sites for hydroxylation is 1. The van der Waals surface area contributed by atoms with E-state index in [9.17, 15) is 9.59 Å². The van der Waals surface area contributed by atoms with Gasteiger partial charge in [0.15, 0.2) is 0 Å². The van der Waals surface area contributed by atoms with E-state index in [1.807, 2.05) is 28.0 Å². The van der Waals surface area contributed by atoms with E-state index >= 15 is 0 Å². The Balaban J connectivity index is 0.00000225. The first-order valence-corrected chi connectivity index (χ1v) is 10.5. The summed E-state index contributed by atoms with van der Waals surface area (Å²) < 4.78 is 0. The van der Waals surface area contributed by atoms with Crippen LogP contribution in [0.25, 0.3) is 0 Å². The molecule has 2 N–H and O–H groups in total. The van der Waals surface area contributed by atoms with E-state index < -0.39 is 0 Å². The van der Waals surface area contributed by atoms with Crippen LogP contribution in [0.5, 0.6) is 0 Å². The molecule has 4 rings (SSSR count). The summed E-state index contributed by atoms with van der Waals surface area (Å²) in [6.45, 7) is 2.80. The van der Waals surface area contributed by atoms with Crippen LogP contribution >= 0.6 is 12.4 Å². The molecule has 0 spiro atoms. The van der Waals surface area contributed by atoms with Crippen molar-refractivity contribution in [1.29, 1.82) is 0 Å². The first-order valence-electron chi connectivity index (χ1n) is 10.5. The summed E-state index contributed by atoms with van der Waals surface area (Å²) >= 11 is 0. The smallest absolute Gasteiger partial charge is 0.227 e. The summed E-state index contributed by atoms with van der Waals surface area (Å²) in [5.74, 6) is 1.50. The highest BCUT2D eigenvalue weighted by molar-refractivity contribution is 5.85. The average Bonchev–Trinajstić information content (AvgIpc) is 3.18. The number of benzene rings is 1. The zero-order chi connectivity index (χ0) is 18.8. The molecular weight excluding hydrogens is 374 g/mol. The minimum Gasteiger partial charge on any atom is -0.341 e. The van der Waals surface area contributed by atoms with Crippen molar-refractivity contribution in [2.45, 2.75) is 44.6 Å². The second kappa shape index (κ2) is 9.27. The van der Waals surface area contributed by atoms with Crippen molar-refractivity contribution in [3.05, 3.63) is 35.9 Å². The van der Waals surface area contributed by atoms with Crippen LogP contribution in [-0.4, -0.2) is 53.8 Å². The van der Waals surface area contributed by atoms with E-state index in [0.29, 0.717) is 31.3 Å². The van der Waals surface area contributed by atoms with Crippen LogP contribution in [0.3, 0.4) is 0 Å². The number of fused-ring (bicyclic) bond motifs is 2. The Bertz CT molecular complexity index is 682. The lowest BCUT2D eigenvalue weighted by Gasteiger charge is -2.32. The van der Waals surface area contributed by atoms with Gasteiger partial charge in [-0.1, -0.05) is 30.3 Å². The van der Waals surface area contributed by atoms with Crippen LogP contribution in [0.4, 0.5) is 0 Å². The molecule has 0 radical (unpaired) electrons. The molecular formula is C22H32ClN3O2. The van der Waals surface area contributed by atoms with Crippen LogP contribution < -0.4 is 5.73 Å². The molecule has 154 valence electrons. The number of halogens is 1.